The summed E-state index contributed by atoms with van der Waals surface area (Å²) in [6.07, 6.45) is 0. The topological polar surface area (TPSA) is 45.6 Å². The summed E-state index contributed by atoms with van der Waals surface area (Å²) in [6, 6.07) is 6.65. The molecule has 17 heavy (non-hydrogen) atoms. The maximum atomic E-state index is 5.25. The first-order valence-electron chi connectivity index (χ1n) is 5.87. The summed E-state index contributed by atoms with van der Waals surface area (Å²) in [4.78, 5) is 4.36. The Morgan fingerprint density at radius 3 is 2.94 bits per heavy atom. The second kappa shape index (κ2) is 5.08. The van der Waals surface area contributed by atoms with E-state index in [2.05, 4.69) is 35.5 Å². The van der Waals surface area contributed by atoms with Crippen LogP contribution < -0.4 is 15.4 Å². The molecule has 4 nitrogen and oxygen atoms in total. The highest BCUT2D eigenvalue weighted by Crippen LogP contribution is 2.16. The number of aryl methyl sites for hydroxylation is 1. The molecule has 0 aliphatic carbocycles. The molecule has 1 aromatic rings. The molecule has 0 aromatic heterocycles. The van der Waals surface area contributed by atoms with Gasteiger partial charge in [-0.2, -0.15) is 0 Å². The van der Waals surface area contributed by atoms with Crippen LogP contribution in [0.3, 0.4) is 0 Å². The van der Waals surface area contributed by atoms with Crippen LogP contribution in [0.4, 0.5) is 0 Å². The largest absolute Gasteiger partial charge is 0.497 e. The lowest BCUT2D eigenvalue weighted by Gasteiger charge is -2.10. The molecule has 1 unspecified atom stereocenters. The van der Waals surface area contributed by atoms with E-state index in [1.165, 1.54) is 11.1 Å². The van der Waals surface area contributed by atoms with Crippen LogP contribution in [-0.4, -0.2) is 25.7 Å². The number of nitrogens with zero attached hydrogens (tertiary/aromatic N) is 1. The average Bonchev–Trinajstić information content (AvgIpc) is 2.72. The zero-order valence-electron chi connectivity index (χ0n) is 10.6. The van der Waals surface area contributed by atoms with E-state index in [0.29, 0.717) is 6.04 Å². The van der Waals surface area contributed by atoms with Gasteiger partial charge in [0.05, 0.1) is 13.7 Å². The Hall–Kier alpha value is -1.71. The Bertz CT molecular complexity index is 429. The number of ether oxygens (including phenoxy) is 1. The van der Waals surface area contributed by atoms with Crippen LogP contribution >= 0.6 is 0 Å². The number of nitrogens with one attached hydrogen (secondary N) is 2. The number of aliphatic imine (C=N–C) groups is 1. The molecule has 1 aliphatic rings. The molecule has 1 aliphatic heterocycles. The lowest BCUT2D eigenvalue weighted by Crippen LogP contribution is -2.37. The summed E-state index contributed by atoms with van der Waals surface area (Å²) in [7, 11) is 1.69. The van der Waals surface area contributed by atoms with E-state index in [-0.39, 0.29) is 0 Å². The van der Waals surface area contributed by atoms with Crippen molar-refractivity contribution in [2.75, 3.05) is 13.7 Å². The van der Waals surface area contributed by atoms with Gasteiger partial charge >= 0.3 is 0 Å². The minimum Gasteiger partial charge on any atom is -0.497 e. The molecule has 0 bridgehead atoms. The van der Waals surface area contributed by atoms with E-state index in [9.17, 15) is 0 Å². The SMILES string of the molecule is COc1cc(C)cc(CNC2=NCC(C)N2)c1. The van der Waals surface area contributed by atoms with E-state index in [1.54, 1.807) is 7.11 Å². The van der Waals surface area contributed by atoms with Crippen LogP contribution in [0.5, 0.6) is 5.75 Å². The summed E-state index contributed by atoms with van der Waals surface area (Å²) >= 11 is 0. The van der Waals surface area contributed by atoms with Crippen molar-refractivity contribution in [1.82, 2.24) is 10.6 Å². The van der Waals surface area contributed by atoms with Gasteiger partial charge in [-0.15, -0.1) is 0 Å². The third-order valence-corrected chi connectivity index (χ3v) is 2.71. The number of hydrogen-bond acceptors (Lipinski definition) is 4. The molecule has 92 valence electrons. The first kappa shape index (κ1) is 11.8. The van der Waals surface area contributed by atoms with Crippen molar-refractivity contribution >= 4 is 5.96 Å². The fraction of sp³-hybridized carbons (Fsp3) is 0.462. The van der Waals surface area contributed by atoms with E-state index >= 15 is 0 Å². The number of rotatable bonds is 3. The van der Waals surface area contributed by atoms with Gasteiger partial charge in [0.2, 0.25) is 0 Å². The van der Waals surface area contributed by atoms with Crippen LogP contribution in [-0.2, 0) is 6.54 Å². The van der Waals surface area contributed by atoms with E-state index < -0.39 is 0 Å². The smallest absolute Gasteiger partial charge is 0.191 e. The molecule has 0 radical (unpaired) electrons. The molecule has 2 N–H and O–H groups in total. The first-order valence-corrected chi connectivity index (χ1v) is 5.87. The van der Waals surface area contributed by atoms with Crippen molar-refractivity contribution < 1.29 is 4.74 Å². The molecule has 0 saturated carbocycles. The molecule has 1 heterocycles. The quantitative estimate of drug-likeness (QED) is 0.830. The van der Waals surface area contributed by atoms with Gasteiger partial charge in [0.15, 0.2) is 5.96 Å². The first-order chi connectivity index (χ1) is 8.17. The molecule has 1 atom stereocenters. The van der Waals surface area contributed by atoms with Crippen LogP contribution in [0, 0.1) is 6.92 Å². The lowest BCUT2D eigenvalue weighted by atomic mass is 10.1. The van der Waals surface area contributed by atoms with E-state index in [0.717, 1.165) is 24.8 Å². The minimum absolute atomic E-state index is 0.435. The molecular weight excluding hydrogens is 214 g/mol. The fourth-order valence-electron chi connectivity index (χ4n) is 1.89. The van der Waals surface area contributed by atoms with E-state index in [4.69, 9.17) is 4.74 Å². The third kappa shape index (κ3) is 3.12. The van der Waals surface area contributed by atoms with Gasteiger partial charge in [-0.25, -0.2) is 0 Å². The van der Waals surface area contributed by atoms with Gasteiger partial charge < -0.3 is 15.4 Å². The Kier molecular flexibility index (Phi) is 3.52. The lowest BCUT2D eigenvalue weighted by molar-refractivity contribution is 0.414. The Morgan fingerprint density at radius 2 is 2.29 bits per heavy atom. The highest BCUT2D eigenvalue weighted by molar-refractivity contribution is 5.81. The van der Waals surface area contributed by atoms with Gasteiger partial charge in [0.1, 0.15) is 5.75 Å². The predicted molar refractivity (Wildman–Crippen MR) is 69.5 cm³/mol. The summed E-state index contributed by atoms with van der Waals surface area (Å²) < 4.78 is 5.25. The average molecular weight is 233 g/mol. The summed E-state index contributed by atoms with van der Waals surface area (Å²) in [6.45, 7) is 5.80. The predicted octanol–water partition coefficient (Wildman–Crippen LogP) is 1.44. The van der Waals surface area contributed by atoms with E-state index in [1.807, 2.05) is 12.1 Å². The molecule has 0 amide bonds. The van der Waals surface area contributed by atoms with Gasteiger partial charge in [-0.1, -0.05) is 6.07 Å². The Balaban J connectivity index is 1.97. The maximum Gasteiger partial charge on any atom is 0.191 e. The number of methoxy groups -OCH3 is 1. The normalized spacial score (nSPS) is 18.5. The highest BCUT2D eigenvalue weighted by atomic mass is 16.5. The molecular formula is C13H19N3O. The van der Waals surface area contributed by atoms with Gasteiger partial charge in [-0.05, 0) is 37.1 Å². The Morgan fingerprint density at radius 1 is 1.47 bits per heavy atom. The van der Waals surface area contributed by atoms with Crippen LogP contribution in [0.2, 0.25) is 0 Å². The monoisotopic (exact) mass is 233 g/mol. The summed E-state index contributed by atoms with van der Waals surface area (Å²) in [5.41, 5.74) is 2.40. The standard InChI is InChI=1S/C13H19N3O/c1-9-4-11(6-12(5-9)17-3)8-15-13-14-7-10(2)16-13/h4-6,10H,7-8H2,1-3H3,(H2,14,15,16). The maximum absolute atomic E-state index is 5.25. The van der Waals surface area contributed by atoms with Crippen molar-refractivity contribution in [3.8, 4) is 5.75 Å². The molecule has 1 aromatic carbocycles. The second-order valence-electron chi connectivity index (χ2n) is 4.45. The highest BCUT2D eigenvalue weighted by Gasteiger charge is 2.11. The minimum atomic E-state index is 0.435. The zero-order chi connectivity index (χ0) is 12.3. The number of guanidine groups is 1. The van der Waals surface area contributed by atoms with Crippen molar-refractivity contribution in [2.24, 2.45) is 4.99 Å². The molecule has 0 fully saturated rings. The van der Waals surface area contributed by atoms with Gasteiger partial charge in [-0.3, -0.25) is 4.99 Å². The van der Waals surface area contributed by atoms with Crippen molar-refractivity contribution in [3.63, 3.8) is 0 Å². The second-order valence-corrected chi connectivity index (χ2v) is 4.45. The fourth-order valence-corrected chi connectivity index (χ4v) is 1.89. The van der Waals surface area contributed by atoms with Gasteiger partial charge in [0.25, 0.3) is 0 Å². The zero-order valence-corrected chi connectivity index (χ0v) is 10.6. The van der Waals surface area contributed by atoms with Crippen molar-refractivity contribution in [1.29, 1.82) is 0 Å². The molecule has 0 spiro atoms. The summed E-state index contributed by atoms with van der Waals surface area (Å²) in [5, 5.41) is 6.57. The van der Waals surface area contributed by atoms with Gasteiger partial charge in [0, 0.05) is 12.6 Å². The number of hydrogen-bond donors (Lipinski definition) is 2. The number of benzene rings is 1. The van der Waals surface area contributed by atoms with Crippen LogP contribution in [0.1, 0.15) is 18.1 Å². The van der Waals surface area contributed by atoms with Crippen molar-refractivity contribution in [3.05, 3.63) is 29.3 Å². The van der Waals surface area contributed by atoms with Crippen molar-refractivity contribution in [2.45, 2.75) is 26.4 Å². The molecule has 4 heteroatoms. The van der Waals surface area contributed by atoms with Crippen LogP contribution in [0.15, 0.2) is 23.2 Å². The third-order valence-electron chi connectivity index (χ3n) is 2.71. The summed E-state index contributed by atoms with van der Waals surface area (Å²) in [5.74, 6) is 1.79. The molecule has 2 rings (SSSR count). The molecule has 0 saturated heterocycles. The van der Waals surface area contributed by atoms with Crippen LogP contribution in [0.25, 0.3) is 0 Å². The Labute approximate surface area is 102 Å².